The Hall–Kier alpha value is -1.80. The van der Waals surface area contributed by atoms with E-state index in [0.717, 1.165) is 22.6 Å². The van der Waals surface area contributed by atoms with Crippen LogP contribution in [0.25, 0.3) is 0 Å². The SMILES string of the molecule is O/N=C(/CCc1ccccc1Cl)c1ccccc1. The average Bonchev–Trinajstić information content (AvgIpc) is 2.42. The summed E-state index contributed by atoms with van der Waals surface area (Å²) >= 11 is 6.09. The fraction of sp³-hybridized carbons (Fsp3) is 0.133. The first-order chi connectivity index (χ1) is 8.81. The first-order valence-corrected chi connectivity index (χ1v) is 6.19. The molecule has 1 N–H and O–H groups in total. The summed E-state index contributed by atoms with van der Waals surface area (Å²) in [6, 6.07) is 17.4. The van der Waals surface area contributed by atoms with Gasteiger partial charge in [0.05, 0.1) is 5.71 Å². The number of rotatable bonds is 4. The minimum atomic E-state index is 0.657. The van der Waals surface area contributed by atoms with Crippen molar-refractivity contribution in [2.75, 3.05) is 0 Å². The number of oxime groups is 1. The Kier molecular flexibility index (Phi) is 4.37. The summed E-state index contributed by atoms with van der Waals surface area (Å²) in [4.78, 5) is 0. The summed E-state index contributed by atoms with van der Waals surface area (Å²) in [6.07, 6.45) is 1.41. The highest BCUT2D eigenvalue weighted by atomic mass is 35.5. The van der Waals surface area contributed by atoms with Crippen molar-refractivity contribution in [3.05, 3.63) is 70.7 Å². The largest absolute Gasteiger partial charge is 0.411 e. The van der Waals surface area contributed by atoms with Crippen LogP contribution >= 0.6 is 11.6 Å². The van der Waals surface area contributed by atoms with Gasteiger partial charge in [-0.05, 0) is 30.0 Å². The van der Waals surface area contributed by atoms with Gasteiger partial charge in [0.25, 0.3) is 0 Å². The molecule has 0 aliphatic carbocycles. The van der Waals surface area contributed by atoms with Crippen molar-refractivity contribution in [3.63, 3.8) is 0 Å². The van der Waals surface area contributed by atoms with Gasteiger partial charge in [-0.15, -0.1) is 0 Å². The molecule has 3 heteroatoms. The molecule has 0 aromatic heterocycles. The Balaban J connectivity index is 2.08. The number of hydrogen-bond donors (Lipinski definition) is 1. The van der Waals surface area contributed by atoms with Crippen molar-refractivity contribution in [2.24, 2.45) is 5.16 Å². The Labute approximate surface area is 112 Å². The first kappa shape index (κ1) is 12.7. The zero-order valence-corrected chi connectivity index (χ0v) is 10.6. The summed E-state index contributed by atoms with van der Waals surface area (Å²) in [6.45, 7) is 0. The van der Waals surface area contributed by atoms with Gasteiger partial charge in [-0.25, -0.2) is 0 Å². The molecule has 92 valence electrons. The lowest BCUT2D eigenvalue weighted by Crippen LogP contribution is -2.03. The van der Waals surface area contributed by atoms with Gasteiger partial charge in [0, 0.05) is 5.02 Å². The molecule has 0 aliphatic rings. The summed E-state index contributed by atoms with van der Waals surface area (Å²) in [5.41, 5.74) is 2.68. The molecular formula is C15H14ClNO. The minimum Gasteiger partial charge on any atom is -0.411 e. The normalized spacial score (nSPS) is 11.5. The second kappa shape index (κ2) is 6.22. The van der Waals surface area contributed by atoms with E-state index in [0.29, 0.717) is 12.1 Å². The zero-order chi connectivity index (χ0) is 12.8. The highest BCUT2D eigenvalue weighted by Crippen LogP contribution is 2.17. The van der Waals surface area contributed by atoms with Crippen molar-refractivity contribution in [3.8, 4) is 0 Å². The summed E-state index contributed by atoms with van der Waals surface area (Å²) < 4.78 is 0. The zero-order valence-electron chi connectivity index (χ0n) is 9.88. The lowest BCUT2D eigenvalue weighted by molar-refractivity contribution is 0.318. The fourth-order valence-electron chi connectivity index (χ4n) is 1.84. The predicted molar refractivity (Wildman–Crippen MR) is 74.5 cm³/mol. The van der Waals surface area contributed by atoms with E-state index in [4.69, 9.17) is 16.8 Å². The summed E-state index contributed by atoms with van der Waals surface area (Å²) in [5.74, 6) is 0. The van der Waals surface area contributed by atoms with Gasteiger partial charge in [0.2, 0.25) is 0 Å². The van der Waals surface area contributed by atoms with Crippen molar-refractivity contribution >= 4 is 17.3 Å². The minimum absolute atomic E-state index is 0.657. The molecule has 2 rings (SSSR count). The lowest BCUT2D eigenvalue weighted by Gasteiger charge is -2.06. The number of hydrogen-bond acceptors (Lipinski definition) is 2. The molecule has 0 saturated carbocycles. The third-order valence-electron chi connectivity index (χ3n) is 2.82. The molecule has 0 unspecified atom stereocenters. The fourth-order valence-corrected chi connectivity index (χ4v) is 2.07. The van der Waals surface area contributed by atoms with E-state index >= 15 is 0 Å². The molecule has 2 aromatic carbocycles. The molecule has 0 spiro atoms. The van der Waals surface area contributed by atoms with Gasteiger partial charge in [-0.1, -0.05) is 65.3 Å². The van der Waals surface area contributed by atoms with Crippen molar-refractivity contribution in [1.29, 1.82) is 0 Å². The first-order valence-electron chi connectivity index (χ1n) is 5.81. The van der Waals surface area contributed by atoms with E-state index in [1.165, 1.54) is 0 Å². The topological polar surface area (TPSA) is 32.6 Å². The molecule has 0 heterocycles. The van der Waals surface area contributed by atoms with E-state index < -0.39 is 0 Å². The molecule has 0 atom stereocenters. The molecule has 18 heavy (non-hydrogen) atoms. The van der Waals surface area contributed by atoms with Gasteiger partial charge in [-0.2, -0.15) is 0 Å². The molecule has 2 aromatic rings. The monoisotopic (exact) mass is 259 g/mol. The molecule has 0 amide bonds. The maximum atomic E-state index is 9.08. The van der Waals surface area contributed by atoms with Crippen molar-refractivity contribution in [1.82, 2.24) is 0 Å². The third kappa shape index (κ3) is 3.11. The second-order valence-corrected chi connectivity index (χ2v) is 4.41. The maximum Gasteiger partial charge on any atom is 0.0871 e. The van der Waals surface area contributed by atoms with Crippen LogP contribution in [0.3, 0.4) is 0 Å². The van der Waals surface area contributed by atoms with Crippen LogP contribution in [0.15, 0.2) is 59.8 Å². The third-order valence-corrected chi connectivity index (χ3v) is 3.19. The van der Waals surface area contributed by atoms with E-state index in [1.54, 1.807) is 0 Å². The van der Waals surface area contributed by atoms with Crippen molar-refractivity contribution in [2.45, 2.75) is 12.8 Å². The Morgan fingerprint density at radius 3 is 2.33 bits per heavy atom. The standard InChI is InChI=1S/C15H14ClNO/c16-14-9-5-4-6-12(14)10-11-15(17-18)13-7-2-1-3-8-13/h1-9,18H,10-11H2/b17-15-. The highest BCUT2D eigenvalue weighted by Gasteiger charge is 2.06. The second-order valence-electron chi connectivity index (χ2n) is 4.00. The lowest BCUT2D eigenvalue weighted by atomic mass is 10.0. The number of nitrogens with zero attached hydrogens (tertiary/aromatic N) is 1. The van der Waals surface area contributed by atoms with Crippen LogP contribution in [0, 0.1) is 0 Å². The van der Waals surface area contributed by atoms with E-state index in [9.17, 15) is 0 Å². The molecular weight excluding hydrogens is 246 g/mol. The Bertz CT molecular complexity index is 537. The predicted octanol–water partition coefficient (Wildman–Crippen LogP) is 4.15. The van der Waals surface area contributed by atoms with Crippen LogP contribution in [-0.4, -0.2) is 10.9 Å². The number of halogens is 1. The summed E-state index contributed by atoms with van der Waals surface area (Å²) in [7, 11) is 0. The van der Waals surface area contributed by atoms with Crippen LogP contribution in [0.1, 0.15) is 17.5 Å². The molecule has 0 bridgehead atoms. The van der Waals surface area contributed by atoms with E-state index in [2.05, 4.69) is 5.16 Å². The van der Waals surface area contributed by atoms with Crippen LogP contribution in [0.2, 0.25) is 5.02 Å². The average molecular weight is 260 g/mol. The molecule has 0 radical (unpaired) electrons. The van der Waals surface area contributed by atoms with Crippen molar-refractivity contribution < 1.29 is 5.21 Å². The van der Waals surface area contributed by atoms with Gasteiger partial charge >= 0.3 is 0 Å². The van der Waals surface area contributed by atoms with E-state index in [1.807, 2.05) is 54.6 Å². The van der Waals surface area contributed by atoms with Crippen LogP contribution in [0.5, 0.6) is 0 Å². The Morgan fingerprint density at radius 1 is 1.00 bits per heavy atom. The maximum absolute atomic E-state index is 9.08. The van der Waals surface area contributed by atoms with Crippen LogP contribution in [-0.2, 0) is 6.42 Å². The van der Waals surface area contributed by atoms with Gasteiger partial charge < -0.3 is 5.21 Å². The highest BCUT2D eigenvalue weighted by molar-refractivity contribution is 6.31. The smallest absolute Gasteiger partial charge is 0.0871 e. The van der Waals surface area contributed by atoms with Crippen LogP contribution < -0.4 is 0 Å². The van der Waals surface area contributed by atoms with Gasteiger partial charge in [0.15, 0.2) is 0 Å². The number of benzene rings is 2. The van der Waals surface area contributed by atoms with Gasteiger partial charge in [0.1, 0.15) is 0 Å². The molecule has 2 nitrogen and oxygen atoms in total. The molecule has 0 fully saturated rings. The van der Waals surface area contributed by atoms with Crippen LogP contribution in [0.4, 0.5) is 0 Å². The molecule has 0 saturated heterocycles. The van der Waals surface area contributed by atoms with E-state index in [-0.39, 0.29) is 0 Å². The van der Waals surface area contributed by atoms with Gasteiger partial charge in [-0.3, -0.25) is 0 Å². The molecule has 0 aliphatic heterocycles. The Morgan fingerprint density at radius 2 is 1.67 bits per heavy atom. The number of aryl methyl sites for hydroxylation is 1. The summed E-state index contributed by atoms with van der Waals surface area (Å²) in [5, 5.41) is 13.2. The quantitative estimate of drug-likeness (QED) is 0.499.